The maximum absolute atomic E-state index is 6.90. The van der Waals surface area contributed by atoms with Crippen LogP contribution in [-0.4, -0.2) is 64.0 Å². The number of hydrogen-bond acceptors (Lipinski definition) is 5. The molecule has 7 atom stereocenters. The topological polar surface area (TPSA) is 46.2 Å². The Morgan fingerprint density at radius 2 is 1.06 bits per heavy atom. The summed E-state index contributed by atoms with van der Waals surface area (Å²) < 4.78 is 32.8. The molecule has 0 fully saturated rings. The van der Waals surface area contributed by atoms with Crippen LogP contribution in [0.4, 0.5) is 0 Å². The van der Waals surface area contributed by atoms with E-state index < -0.39 is 64.0 Å². The van der Waals surface area contributed by atoms with E-state index in [2.05, 4.69) is 107 Å². The van der Waals surface area contributed by atoms with Crippen LogP contribution in [0.25, 0.3) is 0 Å². The molecule has 0 radical (unpaired) electrons. The number of hydrogen-bond donors (Lipinski definition) is 0. The van der Waals surface area contributed by atoms with Gasteiger partial charge >= 0.3 is 18.6 Å². The summed E-state index contributed by atoms with van der Waals surface area (Å²) in [5, 5.41) is 2.42. The maximum Gasteiger partial charge on any atom is 0.336 e. The number of benzene rings is 2. The molecule has 0 spiro atoms. The van der Waals surface area contributed by atoms with Gasteiger partial charge in [0.25, 0.3) is 9.28 Å². The van der Waals surface area contributed by atoms with Crippen LogP contribution >= 0.6 is 0 Å². The molecule has 2 rings (SSSR count). The van der Waals surface area contributed by atoms with Crippen molar-refractivity contribution < 1.29 is 20.6 Å². The van der Waals surface area contributed by atoms with Crippen molar-refractivity contribution in [2.75, 3.05) is 0 Å². The highest BCUT2D eigenvalue weighted by Gasteiger charge is 2.29. The van der Waals surface area contributed by atoms with Gasteiger partial charge in [0.05, 0.1) is 0 Å². The molecule has 5 nitrogen and oxygen atoms in total. The summed E-state index contributed by atoms with van der Waals surface area (Å²) >= 11 is 0. The Bertz CT molecular complexity index is 851. The van der Waals surface area contributed by atoms with Crippen molar-refractivity contribution in [2.24, 2.45) is 0 Å². The van der Waals surface area contributed by atoms with Crippen molar-refractivity contribution in [2.45, 2.75) is 64.2 Å². The Morgan fingerprint density at radius 1 is 0.611 bits per heavy atom. The molecule has 36 heavy (non-hydrogen) atoms. The maximum atomic E-state index is 6.90. The average molecular weight is 611 g/mol. The summed E-state index contributed by atoms with van der Waals surface area (Å²) in [6.45, 7) is 17.3. The van der Waals surface area contributed by atoms with Crippen molar-refractivity contribution in [3.8, 4) is 0 Å². The fraction of sp³-hybridized carbons (Fsp3) is 0.417. The van der Waals surface area contributed by atoms with Crippen LogP contribution in [0.1, 0.15) is 13.3 Å². The zero-order valence-corrected chi connectivity index (χ0v) is 31.1. The smallest absolute Gasteiger partial charge is 0.336 e. The highest BCUT2D eigenvalue weighted by Crippen LogP contribution is 2.11. The average Bonchev–Trinajstić information content (AvgIpc) is 2.87. The van der Waals surface area contributed by atoms with Gasteiger partial charge in [-0.05, 0) is 61.2 Å². The summed E-state index contributed by atoms with van der Waals surface area (Å²) in [5.74, 6) is 0. The lowest BCUT2D eigenvalue weighted by molar-refractivity contribution is 0.393. The van der Waals surface area contributed by atoms with Crippen molar-refractivity contribution in [1.82, 2.24) is 0 Å². The summed E-state index contributed by atoms with van der Waals surface area (Å²) in [7, 11) is -10.9. The lowest BCUT2D eigenvalue weighted by atomic mass is 10.4. The van der Waals surface area contributed by atoms with E-state index in [1.54, 1.807) is 0 Å². The Morgan fingerprint density at radius 3 is 1.50 bits per heavy atom. The molecule has 7 unspecified atom stereocenters. The molecule has 0 aliphatic heterocycles. The van der Waals surface area contributed by atoms with E-state index in [4.69, 9.17) is 20.6 Å². The Kier molecular flexibility index (Phi) is 15.8. The minimum atomic E-state index is -2.10. The minimum Gasteiger partial charge on any atom is -0.441 e. The van der Waals surface area contributed by atoms with Crippen LogP contribution in [0, 0.1) is 0 Å². The van der Waals surface area contributed by atoms with Crippen LogP contribution in [-0.2, 0) is 20.6 Å². The van der Waals surface area contributed by atoms with E-state index in [9.17, 15) is 0 Å². The molecule has 200 valence electrons. The third kappa shape index (κ3) is 12.4. The largest absolute Gasteiger partial charge is 0.441 e. The third-order valence-corrected chi connectivity index (χ3v) is 27.1. The second-order valence-electron chi connectivity index (χ2n) is 9.47. The Labute approximate surface area is 231 Å². The molecule has 2 aromatic carbocycles. The van der Waals surface area contributed by atoms with Gasteiger partial charge in [0.2, 0.25) is 0 Å². The van der Waals surface area contributed by atoms with Crippen molar-refractivity contribution in [3.05, 3.63) is 72.9 Å². The van der Waals surface area contributed by atoms with E-state index in [-0.39, 0.29) is 0 Å². The normalized spacial score (nSPS) is 17.5. The Balaban J connectivity index is 2.05. The second-order valence-corrected chi connectivity index (χ2v) is 27.2. The lowest BCUT2D eigenvalue weighted by Crippen LogP contribution is -2.51. The van der Waals surface area contributed by atoms with Gasteiger partial charge in [-0.25, -0.2) is 0 Å². The molecule has 0 saturated carbocycles. The van der Waals surface area contributed by atoms with Crippen LogP contribution < -0.4 is 10.4 Å². The van der Waals surface area contributed by atoms with Gasteiger partial charge in [-0.2, -0.15) is 0 Å². The lowest BCUT2D eigenvalue weighted by Gasteiger charge is -2.28. The minimum absolute atomic E-state index is 1.11. The molecular formula is C24H46O5Si7. The highest BCUT2D eigenvalue weighted by molar-refractivity contribution is 6.80. The predicted octanol–water partition coefficient (Wildman–Crippen LogP) is 2.72. The fourth-order valence-corrected chi connectivity index (χ4v) is 26.0. The molecule has 0 aromatic heterocycles. The molecule has 0 bridgehead atoms. The molecular weight excluding hydrogens is 565 g/mol. The monoisotopic (exact) mass is 610 g/mol. The van der Waals surface area contributed by atoms with Crippen molar-refractivity contribution >= 4 is 74.4 Å². The standard InChI is InChI=1S/C24H46O5Si7/c1-8-20-31(4)27-35(23-16-12-10-13-17-23)29-36(24-18-14-11-15-19-24)28-33(6)22-21-32(5)26-34(7)25-30(3)9-2/h9-19,30-36H,2,8,20-22H2,1,3-7H3. The van der Waals surface area contributed by atoms with Crippen LogP contribution in [0.3, 0.4) is 0 Å². The molecule has 0 saturated heterocycles. The van der Waals surface area contributed by atoms with Gasteiger partial charge in [-0.1, -0.05) is 79.7 Å². The van der Waals surface area contributed by atoms with E-state index in [0.29, 0.717) is 0 Å². The first-order valence-corrected chi connectivity index (χ1v) is 28.1. The second kappa shape index (κ2) is 17.9. The highest BCUT2D eigenvalue weighted by atomic mass is 28.4. The molecule has 0 amide bonds. The quantitative estimate of drug-likeness (QED) is 0.243. The first kappa shape index (κ1) is 31.7. The fourth-order valence-electron chi connectivity index (χ4n) is 3.93. The van der Waals surface area contributed by atoms with Gasteiger partial charge in [0.1, 0.15) is 0 Å². The summed E-state index contributed by atoms with van der Waals surface area (Å²) in [6, 6.07) is 24.5. The number of rotatable bonds is 18. The van der Waals surface area contributed by atoms with Crippen LogP contribution in [0.5, 0.6) is 0 Å². The molecule has 2 aromatic rings. The van der Waals surface area contributed by atoms with Crippen LogP contribution in [0.15, 0.2) is 72.9 Å². The summed E-state index contributed by atoms with van der Waals surface area (Å²) in [6.07, 6.45) is 1.16. The molecule has 0 aliphatic rings. The van der Waals surface area contributed by atoms with E-state index in [0.717, 1.165) is 18.5 Å². The zero-order chi connectivity index (χ0) is 26.3. The molecule has 0 N–H and O–H groups in total. The Hall–Kier alpha value is -0.502. The summed E-state index contributed by atoms with van der Waals surface area (Å²) in [5.41, 5.74) is 1.97. The van der Waals surface area contributed by atoms with Gasteiger partial charge < -0.3 is 20.6 Å². The van der Waals surface area contributed by atoms with Gasteiger partial charge in [-0.15, -0.1) is 6.58 Å². The molecule has 0 aliphatic carbocycles. The first-order valence-electron chi connectivity index (χ1n) is 13.3. The van der Waals surface area contributed by atoms with Gasteiger partial charge in [0, 0.05) is 0 Å². The molecule has 0 heterocycles. The van der Waals surface area contributed by atoms with Crippen LogP contribution in [0.2, 0.25) is 50.9 Å². The molecule has 12 heteroatoms. The first-order chi connectivity index (χ1) is 17.3. The SMILES string of the molecule is C=C[SiH](C)O[SiH](C)O[SiH](C)CC[SiH](C)O[SiH](O[SiH](O[SiH](C)CCC)c1ccccc1)c1ccccc1. The third-order valence-electron chi connectivity index (χ3n) is 5.94. The van der Waals surface area contributed by atoms with Gasteiger partial charge in [0.15, 0.2) is 36.2 Å². The van der Waals surface area contributed by atoms with E-state index in [1.807, 2.05) is 5.70 Å². The van der Waals surface area contributed by atoms with Gasteiger partial charge in [-0.3, -0.25) is 0 Å². The van der Waals surface area contributed by atoms with E-state index in [1.165, 1.54) is 16.4 Å². The predicted molar refractivity (Wildman–Crippen MR) is 172 cm³/mol. The summed E-state index contributed by atoms with van der Waals surface area (Å²) in [4.78, 5) is 0. The van der Waals surface area contributed by atoms with Crippen molar-refractivity contribution in [1.29, 1.82) is 0 Å². The zero-order valence-electron chi connectivity index (χ0n) is 23.0. The van der Waals surface area contributed by atoms with E-state index >= 15 is 0 Å². The van der Waals surface area contributed by atoms with Crippen molar-refractivity contribution in [3.63, 3.8) is 0 Å².